The Bertz CT molecular complexity index is 308. The highest BCUT2D eigenvalue weighted by molar-refractivity contribution is 5.79. The molecule has 0 aromatic heterocycles. The summed E-state index contributed by atoms with van der Waals surface area (Å²) >= 11 is 0. The number of hydrogen-bond acceptors (Lipinski definition) is 2. The Hall–Kier alpha value is -0.570. The summed E-state index contributed by atoms with van der Waals surface area (Å²) in [6, 6.07) is 2.04. The molecule has 3 heteroatoms. The molecule has 1 amide bonds. The Morgan fingerprint density at radius 2 is 1.63 bits per heavy atom. The summed E-state index contributed by atoms with van der Waals surface area (Å²) in [7, 11) is 0. The van der Waals surface area contributed by atoms with Gasteiger partial charge in [0.15, 0.2) is 0 Å². The fourth-order valence-electron chi connectivity index (χ4n) is 4.00. The van der Waals surface area contributed by atoms with E-state index < -0.39 is 0 Å². The van der Waals surface area contributed by atoms with Crippen LogP contribution in [0.25, 0.3) is 0 Å². The molecule has 0 aromatic rings. The maximum atomic E-state index is 12.7. The van der Waals surface area contributed by atoms with Crippen molar-refractivity contribution in [2.24, 2.45) is 0 Å². The lowest BCUT2D eigenvalue weighted by molar-refractivity contribution is -0.139. The van der Waals surface area contributed by atoms with Crippen LogP contribution in [0.2, 0.25) is 0 Å². The summed E-state index contributed by atoms with van der Waals surface area (Å²) in [5, 5.41) is 0. The SMILES string of the molecule is CC[C@@H]1CC[C@H](C)N1CC(=O)N1[C@H](C)CCC[C@H]1C. The number of piperidine rings is 1. The van der Waals surface area contributed by atoms with E-state index in [2.05, 4.69) is 37.5 Å². The Morgan fingerprint density at radius 1 is 1.00 bits per heavy atom. The first-order chi connectivity index (χ1) is 9.04. The molecule has 2 heterocycles. The molecule has 4 atom stereocenters. The van der Waals surface area contributed by atoms with Gasteiger partial charge in [-0.2, -0.15) is 0 Å². The molecule has 0 saturated carbocycles. The van der Waals surface area contributed by atoms with Crippen LogP contribution in [0.3, 0.4) is 0 Å². The molecule has 110 valence electrons. The van der Waals surface area contributed by atoms with Crippen molar-refractivity contribution in [2.75, 3.05) is 6.54 Å². The summed E-state index contributed by atoms with van der Waals surface area (Å²) < 4.78 is 0. The Kier molecular flexibility index (Phi) is 4.88. The fourth-order valence-corrected chi connectivity index (χ4v) is 4.00. The minimum absolute atomic E-state index is 0.354. The van der Waals surface area contributed by atoms with E-state index >= 15 is 0 Å². The Balaban J connectivity index is 1.99. The second-order valence-corrected chi connectivity index (χ2v) is 6.59. The molecule has 0 bridgehead atoms. The quantitative estimate of drug-likeness (QED) is 0.784. The third-order valence-electron chi connectivity index (χ3n) is 5.22. The molecule has 2 fully saturated rings. The van der Waals surface area contributed by atoms with Crippen LogP contribution in [0.5, 0.6) is 0 Å². The molecule has 2 saturated heterocycles. The number of rotatable bonds is 3. The zero-order chi connectivity index (χ0) is 14.0. The van der Waals surface area contributed by atoms with Crippen molar-refractivity contribution >= 4 is 5.91 Å². The van der Waals surface area contributed by atoms with Crippen LogP contribution in [0.1, 0.15) is 66.2 Å². The molecule has 2 rings (SSSR count). The van der Waals surface area contributed by atoms with Gasteiger partial charge in [-0.15, -0.1) is 0 Å². The predicted octanol–water partition coefficient (Wildman–Crippen LogP) is 3.04. The molecule has 3 nitrogen and oxygen atoms in total. The van der Waals surface area contributed by atoms with Gasteiger partial charge in [0.25, 0.3) is 0 Å². The molecule has 0 N–H and O–H groups in total. The minimum atomic E-state index is 0.354. The first-order valence-corrected chi connectivity index (χ1v) is 8.11. The van der Waals surface area contributed by atoms with Gasteiger partial charge >= 0.3 is 0 Å². The van der Waals surface area contributed by atoms with Crippen molar-refractivity contribution in [3.05, 3.63) is 0 Å². The maximum Gasteiger partial charge on any atom is 0.237 e. The normalized spacial score (nSPS) is 36.7. The van der Waals surface area contributed by atoms with Gasteiger partial charge < -0.3 is 4.90 Å². The molecule has 0 radical (unpaired) electrons. The van der Waals surface area contributed by atoms with Gasteiger partial charge in [0, 0.05) is 24.2 Å². The lowest BCUT2D eigenvalue weighted by atomic mass is 9.97. The Morgan fingerprint density at radius 3 is 2.21 bits per heavy atom. The fraction of sp³-hybridized carbons (Fsp3) is 0.938. The minimum Gasteiger partial charge on any atom is -0.336 e. The molecular weight excluding hydrogens is 236 g/mol. The van der Waals surface area contributed by atoms with Crippen molar-refractivity contribution < 1.29 is 4.79 Å². The molecule has 0 unspecified atom stereocenters. The van der Waals surface area contributed by atoms with Crippen molar-refractivity contribution in [3.8, 4) is 0 Å². The number of hydrogen-bond donors (Lipinski definition) is 0. The van der Waals surface area contributed by atoms with Crippen LogP contribution in [0, 0.1) is 0 Å². The van der Waals surface area contributed by atoms with Crippen LogP contribution in [-0.4, -0.2) is 46.4 Å². The van der Waals surface area contributed by atoms with Crippen molar-refractivity contribution in [1.82, 2.24) is 9.80 Å². The third-order valence-corrected chi connectivity index (χ3v) is 5.22. The van der Waals surface area contributed by atoms with Gasteiger partial charge in [-0.25, -0.2) is 0 Å². The maximum absolute atomic E-state index is 12.7. The van der Waals surface area contributed by atoms with Gasteiger partial charge in [-0.05, 0) is 59.3 Å². The van der Waals surface area contributed by atoms with Crippen molar-refractivity contribution in [3.63, 3.8) is 0 Å². The predicted molar refractivity (Wildman–Crippen MR) is 79.1 cm³/mol. The largest absolute Gasteiger partial charge is 0.336 e. The number of nitrogens with zero attached hydrogens (tertiary/aromatic N) is 2. The molecule has 0 aromatic carbocycles. The van der Waals surface area contributed by atoms with Gasteiger partial charge in [-0.3, -0.25) is 9.69 Å². The standard InChI is InChI=1S/C16H30N2O/c1-5-15-10-9-12(2)17(15)11-16(19)18-13(3)7-6-8-14(18)4/h12-15H,5-11H2,1-4H3/t12-,13+,14+,15+/m0/s1. The summed E-state index contributed by atoms with van der Waals surface area (Å²) in [6.45, 7) is 9.56. The van der Waals surface area contributed by atoms with E-state index in [9.17, 15) is 4.79 Å². The van der Waals surface area contributed by atoms with Crippen molar-refractivity contribution in [1.29, 1.82) is 0 Å². The van der Waals surface area contributed by atoms with Crippen LogP contribution < -0.4 is 0 Å². The van der Waals surface area contributed by atoms with Crippen LogP contribution in [-0.2, 0) is 4.79 Å². The number of carbonyl (C=O) groups is 1. The highest BCUT2D eigenvalue weighted by Gasteiger charge is 2.34. The highest BCUT2D eigenvalue weighted by Crippen LogP contribution is 2.27. The van der Waals surface area contributed by atoms with Gasteiger partial charge in [0.1, 0.15) is 0 Å². The molecule has 0 spiro atoms. The molecule has 0 aliphatic carbocycles. The topological polar surface area (TPSA) is 23.6 Å². The van der Waals surface area contributed by atoms with E-state index in [0.29, 0.717) is 36.6 Å². The van der Waals surface area contributed by atoms with Crippen LogP contribution >= 0.6 is 0 Å². The van der Waals surface area contributed by atoms with E-state index in [1.807, 2.05) is 0 Å². The summed E-state index contributed by atoms with van der Waals surface area (Å²) in [4.78, 5) is 17.3. The van der Waals surface area contributed by atoms with E-state index in [4.69, 9.17) is 0 Å². The summed E-state index contributed by atoms with van der Waals surface area (Å²) in [5.41, 5.74) is 0. The van der Waals surface area contributed by atoms with Crippen molar-refractivity contribution in [2.45, 2.75) is 90.4 Å². The monoisotopic (exact) mass is 266 g/mol. The molecule has 19 heavy (non-hydrogen) atoms. The number of amides is 1. The highest BCUT2D eigenvalue weighted by atomic mass is 16.2. The van der Waals surface area contributed by atoms with Crippen LogP contribution in [0.4, 0.5) is 0 Å². The molecule has 2 aliphatic heterocycles. The molecule has 2 aliphatic rings. The van der Waals surface area contributed by atoms with E-state index in [0.717, 1.165) is 0 Å². The average Bonchev–Trinajstić information content (AvgIpc) is 2.70. The van der Waals surface area contributed by atoms with Gasteiger partial charge in [0.05, 0.1) is 6.54 Å². The first kappa shape index (κ1) is 14.8. The van der Waals surface area contributed by atoms with Crippen LogP contribution in [0.15, 0.2) is 0 Å². The second-order valence-electron chi connectivity index (χ2n) is 6.59. The summed E-state index contributed by atoms with van der Waals surface area (Å²) in [5.74, 6) is 0.354. The van der Waals surface area contributed by atoms with E-state index in [-0.39, 0.29) is 0 Å². The second kappa shape index (κ2) is 6.25. The zero-order valence-electron chi connectivity index (χ0n) is 13.1. The van der Waals surface area contributed by atoms with Gasteiger partial charge in [0.2, 0.25) is 5.91 Å². The number of likely N-dealkylation sites (tertiary alicyclic amines) is 2. The third kappa shape index (κ3) is 3.13. The summed E-state index contributed by atoms with van der Waals surface area (Å²) in [6.07, 6.45) is 7.28. The number of carbonyl (C=O) groups excluding carboxylic acids is 1. The zero-order valence-corrected chi connectivity index (χ0v) is 13.1. The smallest absolute Gasteiger partial charge is 0.237 e. The average molecular weight is 266 g/mol. The molecular formula is C16H30N2O. The van der Waals surface area contributed by atoms with E-state index in [1.54, 1.807) is 0 Å². The lowest BCUT2D eigenvalue weighted by Gasteiger charge is -2.40. The van der Waals surface area contributed by atoms with E-state index in [1.165, 1.54) is 38.5 Å². The lowest BCUT2D eigenvalue weighted by Crippen LogP contribution is -2.52. The van der Waals surface area contributed by atoms with Gasteiger partial charge in [-0.1, -0.05) is 6.92 Å². The Labute approximate surface area is 118 Å². The first-order valence-electron chi connectivity index (χ1n) is 8.11.